The number of halogens is 3. The summed E-state index contributed by atoms with van der Waals surface area (Å²) in [6, 6.07) is 5.69. The van der Waals surface area contributed by atoms with Crippen molar-refractivity contribution in [2.45, 2.75) is 26.6 Å². The van der Waals surface area contributed by atoms with Crippen molar-refractivity contribution in [3.05, 3.63) is 35.4 Å². The van der Waals surface area contributed by atoms with Gasteiger partial charge in [0.15, 0.2) is 0 Å². The maximum absolute atomic E-state index is 12.9. The molecule has 0 aliphatic rings. The third-order valence-electron chi connectivity index (χ3n) is 3.01. The number of nitrogens with two attached hydrogens (primary N) is 1. The van der Waals surface area contributed by atoms with Crippen molar-refractivity contribution in [2.75, 3.05) is 20.1 Å². The molecule has 0 fully saturated rings. The van der Waals surface area contributed by atoms with Gasteiger partial charge in [-0.15, -0.1) is 0 Å². The molecule has 0 aliphatic heterocycles. The predicted molar refractivity (Wildman–Crippen MR) is 70.6 cm³/mol. The van der Waals surface area contributed by atoms with E-state index >= 15 is 0 Å². The molecule has 2 N–H and O–H groups in total. The van der Waals surface area contributed by atoms with E-state index in [-0.39, 0.29) is 12.0 Å². The van der Waals surface area contributed by atoms with Gasteiger partial charge in [-0.25, -0.2) is 0 Å². The van der Waals surface area contributed by atoms with Crippen LogP contribution in [0.5, 0.6) is 0 Å². The zero-order valence-electron chi connectivity index (χ0n) is 11.6. The van der Waals surface area contributed by atoms with E-state index in [0.29, 0.717) is 18.7 Å². The molecule has 108 valence electrons. The van der Waals surface area contributed by atoms with Gasteiger partial charge in [0.1, 0.15) is 0 Å². The van der Waals surface area contributed by atoms with Crippen molar-refractivity contribution in [2.24, 2.45) is 11.1 Å². The maximum atomic E-state index is 12.9. The fourth-order valence-corrected chi connectivity index (χ4v) is 2.08. The molecular weight excluding hydrogens is 253 g/mol. The highest BCUT2D eigenvalue weighted by Crippen LogP contribution is 2.32. The number of hydrogen-bond acceptors (Lipinski definition) is 2. The summed E-state index contributed by atoms with van der Waals surface area (Å²) in [4.78, 5) is 1.87. The van der Waals surface area contributed by atoms with Gasteiger partial charge in [0.25, 0.3) is 0 Å². The van der Waals surface area contributed by atoms with Crippen molar-refractivity contribution in [1.82, 2.24) is 4.90 Å². The Kier molecular flexibility index (Phi) is 4.98. The summed E-state index contributed by atoms with van der Waals surface area (Å²) in [5.74, 6) is 0. The minimum absolute atomic E-state index is 0.109. The van der Waals surface area contributed by atoms with Crippen LogP contribution in [-0.4, -0.2) is 25.0 Å². The van der Waals surface area contributed by atoms with Gasteiger partial charge in [-0.2, -0.15) is 13.2 Å². The molecular formula is C14H21F3N2. The molecule has 19 heavy (non-hydrogen) atoms. The smallest absolute Gasteiger partial charge is 0.330 e. The average molecular weight is 274 g/mol. The lowest BCUT2D eigenvalue weighted by molar-refractivity contribution is -0.138. The minimum atomic E-state index is -4.30. The molecule has 0 aromatic heterocycles. The van der Waals surface area contributed by atoms with E-state index < -0.39 is 11.7 Å². The van der Waals surface area contributed by atoms with Crippen LogP contribution in [0.1, 0.15) is 25.0 Å². The maximum Gasteiger partial charge on any atom is 0.416 e. The lowest BCUT2D eigenvalue weighted by Crippen LogP contribution is -2.36. The number of nitrogens with zero attached hydrogens (tertiary/aromatic N) is 1. The second kappa shape index (κ2) is 5.92. The van der Waals surface area contributed by atoms with Gasteiger partial charge in [0.2, 0.25) is 0 Å². The molecule has 1 rings (SSSR count). The molecule has 5 heteroatoms. The van der Waals surface area contributed by atoms with Crippen LogP contribution in [0.3, 0.4) is 0 Å². The standard InChI is InChI=1S/C14H21F3N2/c1-13(2,9-18)10-19(3)8-11-6-4-5-7-12(11)14(15,16)17/h4-7H,8-10,18H2,1-3H3. The van der Waals surface area contributed by atoms with Crippen LogP contribution in [-0.2, 0) is 12.7 Å². The highest BCUT2D eigenvalue weighted by molar-refractivity contribution is 5.29. The molecule has 1 aromatic rings. The Balaban J connectivity index is 2.83. The zero-order valence-corrected chi connectivity index (χ0v) is 11.6. The molecule has 0 unspecified atom stereocenters. The number of alkyl halides is 3. The monoisotopic (exact) mass is 274 g/mol. The number of benzene rings is 1. The third kappa shape index (κ3) is 4.84. The van der Waals surface area contributed by atoms with Gasteiger partial charge in [-0.05, 0) is 30.6 Å². The van der Waals surface area contributed by atoms with Crippen molar-refractivity contribution >= 4 is 0 Å². The predicted octanol–water partition coefficient (Wildman–Crippen LogP) is 3.12. The third-order valence-corrected chi connectivity index (χ3v) is 3.01. The molecule has 2 nitrogen and oxygen atoms in total. The van der Waals surface area contributed by atoms with Crippen LogP contribution < -0.4 is 5.73 Å². The van der Waals surface area contributed by atoms with Gasteiger partial charge in [-0.3, -0.25) is 0 Å². The van der Waals surface area contributed by atoms with Crippen LogP contribution >= 0.6 is 0 Å². The largest absolute Gasteiger partial charge is 0.416 e. The SMILES string of the molecule is CN(Cc1ccccc1C(F)(F)F)CC(C)(C)CN. The second-order valence-electron chi connectivity index (χ2n) is 5.70. The minimum Gasteiger partial charge on any atom is -0.330 e. The van der Waals surface area contributed by atoms with Gasteiger partial charge in [0.05, 0.1) is 5.56 Å². The first-order valence-corrected chi connectivity index (χ1v) is 6.19. The Hall–Kier alpha value is -1.07. The lowest BCUT2D eigenvalue weighted by atomic mass is 9.93. The summed E-state index contributed by atoms with van der Waals surface area (Å²) in [5.41, 5.74) is 5.27. The summed E-state index contributed by atoms with van der Waals surface area (Å²) in [6.07, 6.45) is -4.30. The van der Waals surface area contributed by atoms with E-state index in [4.69, 9.17) is 5.73 Å². The van der Waals surface area contributed by atoms with Crippen LogP contribution in [0, 0.1) is 5.41 Å². The van der Waals surface area contributed by atoms with E-state index in [9.17, 15) is 13.2 Å². The van der Waals surface area contributed by atoms with Gasteiger partial charge in [0, 0.05) is 13.1 Å². The van der Waals surface area contributed by atoms with E-state index in [0.717, 1.165) is 6.07 Å². The second-order valence-corrected chi connectivity index (χ2v) is 5.70. The van der Waals surface area contributed by atoms with Crippen molar-refractivity contribution in [3.63, 3.8) is 0 Å². The Morgan fingerprint density at radius 3 is 2.26 bits per heavy atom. The molecule has 0 aliphatic carbocycles. The van der Waals surface area contributed by atoms with Gasteiger partial charge < -0.3 is 10.6 Å². The highest BCUT2D eigenvalue weighted by Gasteiger charge is 2.33. The zero-order chi connectivity index (χ0) is 14.7. The summed E-state index contributed by atoms with van der Waals surface area (Å²) >= 11 is 0. The Morgan fingerprint density at radius 1 is 1.16 bits per heavy atom. The highest BCUT2D eigenvalue weighted by atomic mass is 19.4. The van der Waals surface area contributed by atoms with Gasteiger partial charge >= 0.3 is 6.18 Å². The normalized spacial score (nSPS) is 13.1. The first-order chi connectivity index (χ1) is 8.65. The van der Waals surface area contributed by atoms with Gasteiger partial charge in [-0.1, -0.05) is 32.0 Å². The first kappa shape index (κ1) is 16.0. The molecule has 0 saturated heterocycles. The molecule has 0 amide bonds. The summed E-state index contributed by atoms with van der Waals surface area (Å²) < 4.78 is 38.6. The van der Waals surface area contributed by atoms with E-state index in [2.05, 4.69) is 0 Å². The molecule has 0 atom stereocenters. The average Bonchev–Trinajstić information content (AvgIpc) is 2.27. The molecule has 0 radical (unpaired) electrons. The van der Waals surface area contributed by atoms with Crippen molar-refractivity contribution in [3.8, 4) is 0 Å². The van der Waals surface area contributed by atoms with E-state index in [1.807, 2.05) is 25.8 Å². The quantitative estimate of drug-likeness (QED) is 0.894. The van der Waals surface area contributed by atoms with Crippen molar-refractivity contribution < 1.29 is 13.2 Å². The Bertz CT molecular complexity index is 413. The molecule has 0 heterocycles. The van der Waals surface area contributed by atoms with Crippen LogP contribution in [0.4, 0.5) is 13.2 Å². The summed E-state index contributed by atoms with van der Waals surface area (Å²) in [6.45, 7) is 5.41. The number of rotatable bonds is 5. The van der Waals surface area contributed by atoms with Crippen LogP contribution in [0.15, 0.2) is 24.3 Å². The summed E-state index contributed by atoms with van der Waals surface area (Å²) in [7, 11) is 1.81. The Morgan fingerprint density at radius 2 is 1.74 bits per heavy atom. The summed E-state index contributed by atoms with van der Waals surface area (Å²) in [5, 5.41) is 0. The molecule has 0 spiro atoms. The number of hydrogen-bond donors (Lipinski definition) is 1. The fraction of sp³-hybridized carbons (Fsp3) is 0.571. The van der Waals surface area contributed by atoms with E-state index in [1.165, 1.54) is 12.1 Å². The molecule has 0 saturated carbocycles. The molecule has 0 bridgehead atoms. The Labute approximate surface area is 112 Å². The van der Waals surface area contributed by atoms with Crippen molar-refractivity contribution in [1.29, 1.82) is 0 Å². The van der Waals surface area contributed by atoms with Crippen LogP contribution in [0.2, 0.25) is 0 Å². The lowest BCUT2D eigenvalue weighted by Gasteiger charge is -2.29. The fourth-order valence-electron chi connectivity index (χ4n) is 2.08. The topological polar surface area (TPSA) is 29.3 Å². The van der Waals surface area contributed by atoms with E-state index in [1.54, 1.807) is 6.07 Å². The first-order valence-electron chi connectivity index (χ1n) is 6.19. The van der Waals surface area contributed by atoms with Crippen LogP contribution in [0.25, 0.3) is 0 Å². The molecule has 1 aromatic carbocycles.